The maximum atomic E-state index is 13.3. The van der Waals surface area contributed by atoms with Crippen LogP contribution in [0.1, 0.15) is 37.7 Å². The Kier molecular flexibility index (Phi) is 10.2. The summed E-state index contributed by atoms with van der Waals surface area (Å²) in [5.41, 5.74) is 0.657. The molecular formula is C25H35ClFN3O3. The van der Waals surface area contributed by atoms with Gasteiger partial charge in [0.05, 0.1) is 11.6 Å². The molecule has 0 radical (unpaired) electrons. The smallest absolute Gasteiger partial charge is 0.246 e. The zero-order chi connectivity index (χ0) is 23.6. The highest BCUT2D eigenvalue weighted by atomic mass is 35.5. The largest absolute Gasteiger partial charge is 0.384 e. The quantitative estimate of drug-likeness (QED) is 0.400. The number of methoxy groups -OCH3 is 1. The molecule has 0 aromatic heterocycles. The van der Waals surface area contributed by atoms with Crippen LogP contribution in [0.15, 0.2) is 24.3 Å². The van der Waals surface area contributed by atoms with Crippen LogP contribution in [-0.4, -0.2) is 86.0 Å². The Labute approximate surface area is 201 Å². The lowest BCUT2D eigenvalue weighted by atomic mass is 9.99. The van der Waals surface area contributed by atoms with Crippen molar-refractivity contribution >= 4 is 29.5 Å². The zero-order valence-corrected chi connectivity index (χ0v) is 20.2. The average molecular weight is 480 g/mol. The molecule has 33 heavy (non-hydrogen) atoms. The standard InChI is InChI=1S/C25H35ClFN3O3/c1-33-19-21-5-4-12-28(18-21)11-2-3-13-29-15-16-30(14-10-25(29)32)24(31)9-7-20-6-8-23(27)22(26)17-20/h6-9,17,21H,2-5,10-16,18-19H2,1H3. The molecule has 1 aromatic carbocycles. The van der Waals surface area contributed by atoms with Crippen LogP contribution in [0.3, 0.4) is 0 Å². The summed E-state index contributed by atoms with van der Waals surface area (Å²) in [5.74, 6) is 0.101. The van der Waals surface area contributed by atoms with Gasteiger partial charge in [0, 0.05) is 52.3 Å². The van der Waals surface area contributed by atoms with Crippen LogP contribution in [0.25, 0.3) is 6.08 Å². The molecule has 2 aliphatic heterocycles. The number of amides is 2. The van der Waals surface area contributed by atoms with Crippen molar-refractivity contribution in [3.8, 4) is 0 Å². The Morgan fingerprint density at radius 1 is 1.21 bits per heavy atom. The topological polar surface area (TPSA) is 53.1 Å². The highest BCUT2D eigenvalue weighted by Gasteiger charge is 2.23. The third-order valence-corrected chi connectivity index (χ3v) is 6.71. The van der Waals surface area contributed by atoms with E-state index in [0.717, 1.165) is 45.6 Å². The number of likely N-dealkylation sites (tertiary alicyclic amines) is 1. The van der Waals surface area contributed by atoms with Crippen molar-refractivity contribution < 1.29 is 18.7 Å². The zero-order valence-electron chi connectivity index (χ0n) is 19.5. The molecule has 0 aliphatic carbocycles. The van der Waals surface area contributed by atoms with Crippen molar-refractivity contribution in [2.75, 3.05) is 59.5 Å². The van der Waals surface area contributed by atoms with E-state index in [2.05, 4.69) is 4.90 Å². The lowest BCUT2D eigenvalue weighted by molar-refractivity contribution is -0.130. The summed E-state index contributed by atoms with van der Waals surface area (Å²) in [7, 11) is 1.77. The van der Waals surface area contributed by atoms with Crippen molar-refractivity contribution in [3.63, 3.8) is 0 Å². The first-order valence-corrected chi connectivity index (χ1v) is 12.2. The van der Waals surface area contributed by atoms with Crippen LogP contribution in [0.5, 0.6) is 0 Å². The fourth-order valence-electron chi connectivity index (χ4n) is 4.58. The van der Waals surface area contributed by atoms with Crippen molar-refractivity contribution in [2.45, 2.75) is 32.1 Å². The number of unbranched alkanes of at least 4 members (excludes halogenated alkanes) is 1. The van der Waals surface area contributed by atoms with Gasteiger partial charge in [0.2, 0.25) is 11.8 Å². The highest BCUT2D eigenvalue weighted by molar-refractivity contribution is 6.30. The Morgan fingerprint density at radius 2 is 2.03 bits per heavy atom. The van der Waals surface area contributed by atoms with Gasteiger partial charge in [-0.05, 0) is 68.5 Å². The van der Waals surface area contributed by atoms with Gasteiger partial charge in [-0.1, -0.05) is 17.7 Å². The number of hydrogen-bond acceptors (Lipinski definition) is 4. The number of carbonyl (C=O) groups is 2. The second-order valence-electron chi connectivity index (χ2n) is 8.93. The van der Waals surface area contributed by atoms with E-state index in [1.54, 1.807) is 24.2 Å². The molecule has 1 unspecified atom stereocenters. The van der Waals surface area contributed by atoms with Crippen molar-refractivity contribution in [3.05, 3.63) is 40.7 Å². The lowest BCUT2D eigenvalue weighted by Crippen LogP contribution is -2.38. The minimum Gasteiger partial charge on any atom is -0.384 e. The van der Waals surface area contributed by atoms with Gasteiger partial charge in [0.15, 0.2) is 0 Å². The Morgan fingerprint density at radius 3 is 2.82 bits per heavy atom. The summed E-state index contributed by atoms with van der Waals surface area (Å²) in [6.45, 7) is 6.37. The molecule has 0 saturated carbocycles. The fourth-order valence-corrected chi connectivity index (χ4v) is 4.77. The van der Waals surface area contributed by atoms with E-state index in [0.29, 0.717) is 37.5 Å². The molecule has 0 N–H and O–H groups in total. The SMILES string of the molecule is COCC1CCCN(CCCCN2CCN(C(=O)C=Cc3ccc(F)c(Cl)c3)CCC2=O)C1. The van der Waals surface area contributed by atoms with Crippen LogP contribution < -0.4 is 0 Å². The normalized spacial score (nSPS) is 20.5. The number of rotatable bonds is 9. The highest BCUT2D eigenvalue weighted by Crippen LogP contribution is 2.18. The van der Waals surface area contributed by atoms with E-state index in [4.69, 9.17) is 16.3 Å². The van der Waals surface area contributed by atoms with E-state index in [-0.39, 0.29) is 16.8 Å². The minimum absolute atomic E-state index is 0.0238. The first-order chi connectivity index (χ1) is 16.0. The molecule has 1 aromatic rings. The molecule has 6 nitrogen and oxygen atoms in total. The Balaban J connectivity index is 1.40. The third kappa shape index (κ3) is 8.09. The number of hydrogen-bond donors (Lipinski definition) is 0. The van der Waals surface area contributed by atoms with Gasteiger partial charge in [-0.15, -0.1) is 0 Å². The lowest BCUT2D eigenvalue weighted by Gasteiger charge is -2.32. The third-order valence-electron chi connectivity index (χ3n) is 6.42. The maximum absolute atomic E-state index is 13.3. The molecule has 2 saturated heterocycles. The maximum Gasteiger partial charge on any atom is 0.246 e. The van der Waals surface area contributed by atoms with Crippen molar-refractivity contribution in [2.24, 2.45) is 5.92 Å². The Hall–Kier alpha value is -1.96. The second kappa shape index (κ2) is 13.1. The summed E-state index contributed by atoms with van der Waals surface area (Å²) in [4.78, 5) is 31.2. The van der Waals surface area contributed by atoms with Gasteiger partial charge < -0.3 is 19.4 Å². The van der Waals surface area contributed by atoms with E-state index in [1.165, 1.54) is 31.1 Å². The minimum atomic E-state index is -0.488. The summed E-state index contributed by atoms with van der Waals surface area (Å²) < 4.78 is 18.6. The van der Waals surface area contributed by atoms with E-state index >= 15 is 0 Å². The fraction of sp³-hybridized carbons (Fsp3) is 0.600. The van der Waals surface area contributed by atoms with Crippen molar-refractivity contribution in [1.29, 1.82) is 0 Å². The van der Waals surface area contributed by atoms with Gasteiger partial charge in [-0.2, -0.15) is 0 Å². The molecule has 2 heterocycles. The number of carbonyl (C=O) groups excluding carboxylic acids is 2. The van der Waals surface area contributed by atoms with Gasteiger partial charge >= 0.3 is 0 Å². The molecule has 0 spiro atoms. The van der Waals surface area contributed by atoms with Gasteiger partial charge in [-0.3, -0.25) is 9.59 Å². The summed E-state index contributed by atoms with van der Waals surface area (Å²) >= 11 is 5.79. The Bertz CT molecular complexity index is 833. The predicted molar refractivity (Wildman–Crippen MR) is 128 cm³/mol. The van der Waals surface area contributed by atoms with E-state index in [1.807, 2.05) is 4.90 Å². The van der Waals surface area contributed by atoms with Crippen LogP contribution in [0.2, 0.25) is 5.02 Å². The molecule has 1 atom stereocenters. The summed E-state index contributed by atoms with van der Waals surface area (Å²) in [6, 6.07) is 4.33. The van der Waals surface area contributed by atoms with Gasteiger partial charge in [0.1, 0.15) is 5.82 Å². The number of halogens is 2. The molecule has 182 valence electrons. The summed E-state index contributed by atoms with van der Waals surface area (Å²) in [6.07, 6.45) is 7.92. The first-order valence-electron chi connectivity index (χ1n) is 11.9. The van der Waals surface area contributed by atoms with Crippen LogP contribution in [-0.2, 0) is 14.3 Å². The van der Waals surface area contributed by atoms with Crippen LogP contribution in [0.4, 0.5) is 4.39 Å². The average Bonchev–Trinajstić information content (AvgIpc) is 2.99. The van der Waals surface area contributed by atoms with E-state index < -0.39 is 5.82 Å². The molecule has 2 aliphatic rings. The van der Waals surface area contributed by atoms with Crippen LogP contribution in [0, 0.1) is 11.7 Å². The molecule has 2 fully saturated rings. The number of piperidine rings is 1. The molecule has 0 bridgehead atoms. The van der Waals surface area contributed by atoms with Gasteiger partial charge in [0.25, 0.3) is 0 Å². The molecule has 8 heteroatoms. The molecule has 3 rings (SSSR count). The monoisotopic (exact) mass is 479 g/mol. The summed E-state index contributed by atoms with van der Waals surface area (Å²) in [5, 5.41) is 0.0238. The molecule has 2 amide bonds. The predicted octanol–water partition coefficient (Wildman–Crippen LogP) is 3.69. The number of ether oxygens (including phenoxy) is 1. The van der Waals surface area contributed by atoms with Crippen LogP contribution >= 0.6 is 11.6 Å². The number of benzene rings is 1. The number of nitrogens with zero attached hydrogens (tertiary/aromatic N) is 3. The second-order valence-corrected chi connectivity index (χ2v) is 9.34. The van der Waals surface area contributed by atoms with E-state index in [9.17, 15) is 14.0 Å². The van der Waals surface area contributed by atoms with Gasteiger partial charge in [-0.25, -0.2) is 4.39 Å². The molecular weight excluding hydrogens is 445 g/mol. The van der Waals surface area contributed by atoms with Crippen molar-refractivity contribution in [1.82, 2.24) is 14.7 Å². The first kappa shape index (κ1) is 25.7.